The minimum Gasteiger partial charge on any atom is -0.366 e. The number of hydrogen-bond acceptors (Lipinski definition) is 3. The number of rotatable bonds is 3. The molecule has 0 atom stereocenters. The first kappa shape index (κ1) is 15.0. The molecule has 0 spiro atoms. The molecule has 0 unspecified atom stereocenters. The molecule has 0 aliphatic rings. The fourth-order valence-electron chi connectivity index (χ4n) is 3.08. The number of benzene rings is 3. The third-order valence-electron chi connectivity index (χ3n) is 4.25. The summed E-state index contributed by atoms with van der Waals surface area (Å²) in [6.07, 6.45) is 3.47. The van der Waals surface area contributed by atoms with Crippen LogP contribution >= 0.6 is 0 Å². The van der Waals surface area contributed by atoms with Gasteiger partial charge in [-0.3, -0.25) is 4.79 Å². The zero-order chi connectivity index (χ0) is 17.2. The van der Waals surface area contributed by atoms with E-state index in [-0.39, 0.29) is 0 Å². The molecule has 4 heteroatoms. The Morgan fingerprint density at radius 1 is 0.760 bits per heavy atom. The van der Waals surface area contributed by atoms with E-state index in [9.17, 15) is 4.79 Å². The second-order valence-electron chi connectivity index (χ2n) is 5.79. The maximum atomic E-state index is 12.0. The van der Waals surface area contributed by atoms with Gasteiger partial charge in [-0.15, -0.1) is 0 Å². The van der Waals surface area contributed by atoms with Crippen molar-refractivity contribution in [2.75, 3.05) is 0 Å². The number of nitrogens with two attached hydrogens (primary N) is 1. The molecule has 25 heavy (non-hydrogen) atoms. The monoisotopic (exact) mass is 325 g/mol. The summed E-state index contributed by atoms with van der Waals surface area (Å²) in [5, 5.41) is 9.87. The van der Waals surface area contributed by atoms with E-state index in [2.05, 4.69) is 16.3 Å². The van der Waals surface area contributed by atoms with E-state index < -0.39 is 5.91 Å². The van der Waals surface area contributed by atoms with Crippen molar-refractivity contribution in [2.24, 2.45) is 5.73 Å². The van der Waals surface area contributed by atoms with E-state index in [0.29, 0.717) is 5.56 Å². The fourth-order valence-corrected chi connectivity index (χ4v) is 3.08. The summed E-state index contributed by atoms with van der Waals surface area (Å²) in [4.78, 5) is 12.0. The smallest absolute Gasteiger partial charge is 0.249 e. The topological polar surface area (TPSA) is 68.9 Å². The van der Waals surface area contributed by atoms with Crippen LogP contribution in [0.5, 0.6) is 0 Å². The Bertz CT molecular complexity index is 1070. The molecular weight excluding hydrogens is 310 g/mol. The van der Waals surface area contributed by atoms with Gasteiger partial charge in [0, 0.05) is 21.9 Å². The van der Waals surface area contributed by atoms with Gasteiger partial charge < -0.3 is 5.73 Å². The Hall–Kier alpha value is -3.53. The van der Waals surface area contributed by atoms with Crippen LogP contribution in [0.2, 0.25) is 0 Å². The largest absolute Gasteiger partial charge is 0.366 e. The van der Waals surface area contributed by atoms with E-state index in [1.54, 1.807) is 18.5 Å². The molecule has 4 rings (SSSR count). The predicted octanol–water partition coefficient (Wildman–Crippen LogP) is 4.06. The Morgan fingerprint density at radius 3 is 2.28 bits per heavy atom. The molecule has 0 radical (unpaired) electrons. The summed E-state index contributed by atoms with van der Waals surface area (Å²) in [6.45, 7) is 0. The molecule has 0 bridgehead atoms. The van der Waals surface area contributed by atoms with Crippen molar-refractivity contribution in [3.63, 3.8) is 0 Å². The minimum absolute atomic E-state index is 0.438. The number of carbonyl (C=O) groups excluding carboxylic acids is 1. The van der Waals surface area contributed by atoms with E-state index in [1.807, 2.05) is 54.6 Å². The Balaban J connectivity index is 2.00. The maximum absolute atomic E-state index is 12.0. The van der Waals surface area contributed by atoms with Crippen LogP contribution in [-0.2, 0) is 0 Å². The molecule has 4 aromatic rings. The number of carbonyl (C=O) groups is 1. The zero-order valence-electron chi connectivity index (χ0n) is 13.4. The lowest BCUT2D eigenvalue weighted by molar-refractivity contribution is 0.100. The van der Waals surface area contributed by atoms with E-state index in [0.717, 1.165) is 33.0 Å². The molecule has 1 aromatic heterocycles. The van der Waals surface area contributed by atoms with Gasteiger partial charge in [-0.1, -0.05) is 54.6 Å². The molecule has 3 aromatic carbocycles. The third kappa shape index (κ3) is 2.74. The molecule has 4 nitrogen and oxygen atoms in total. The molecule has 0 saturated carbocycles. The van der Waals surface area contributed by atoms with Crippen LogP contribution in [0.25, 0.3) is 33.0 Å². The molecule has 120 valence electrons. The highest BCUT2D eigenvalue weighted by molar-refractivity contribution is 6.04. The lowest BCUT2D eigenvalue weighted by atomic mass is 9.89. The number of aromatic nitrogens is 2. The van der Waals surface area contributed by atoms with Crippen LogP contribution in [0.4, 0.5) is 0 Å². The predicted molar refractivity (Wildman–Crippen MR) is 98.9 cm³/mol. The summed E-state index contributed by atoms with van der Waals surface area (Å²) in [6, 6.07) is 21.5. The van der Waals surface area contributed by atoms with Crippen molar-refractivity contribution in [3.05, 3.63) is 84.7 Å². The van der Waals surface area contributed by atoms with Gasteiger partial charge in [0.15, 0.2) is 0 Å². The SMILES string of the molecule is NC(=O)c1cccc(-c2ccc3cnncc3c2)c1-c1ccccc1. The van der Waals surface area contributed by atoms with Crippen LogP contribution in [0, 0.1) is 0 Å². The van der Waals surface area contributed by atoms with Gasteiger partial charge in [0.1, 0.15) is 0 Å². The zero-order valence-corrected chi connectivity index (χ0v) is 13.4. The molecule has 1 amide bonds. The second-order valence-corrected chi connectivity index (χ2v) is 5.79. The summed E-state index contributed by atoms with van der Waals surface area (Å²) in [7, 11) is 0. The van der Waals surface area contributed by atoms with Crippen LogP contribution in [0.15, 0.2) is 79.1 Å². The van der Waals surface area contributed by atoms with Crippen LogP contribution in [-0.4, -0.2) is 16.1 Å². The summed E-state index contributed by atoms with van der Waals surface area (Å²) >= 11 is 0. The lowest BCUT2D eigenvalue weighted by Crippen LogP contribution is -2.12. The summed E-state index contributed by atoms with van der Waals surface area (Å²) in [5.41, 5.74) is 9.91. The molecular formula is C21H15N3O. The highest BCUT2D eigenvalue weighted by atomic mass is 16.1. The third-order valence-corrected chi connectivity index (χ3v) is 4.25. The lowest BCUT2D eigenvalue weighted by Gasteiger charge is -2.14. The van der Waals surface area contributed by atoms with Crippen LogP contribution < -0.4 is 5.73 Å². The van der Waals surface area contributed by atoms with Crippen LogP contribution in [0.1, 0.15) is 10.4 Å². The quantitative estimate of drug-likeness (QED) is 0.617. The van der Waals surface area contributed by atoms with Crippen molar-refractivity contribution in [3.8, 4) is 22.3 Å². The standard InChI is InChI=1S/C21H15N3O/c22-21(25)19-8-4-7-18(20(19)14-5-2-1-3-6-14)15-9-10-16-12-23-24-13-17(16)11-15/h1-13H,(H2,22,25). The number of nitrogens with zero attached hydrogens (tertiary/aromatic N) is 2. The van der Waals surface area contributed by atoms with Crippen LogP contribution in [0.3, 0.4) is 0 Å². The number of fused-ring (bicyclic) bond motifs is 1. The highest BCUT2D eigenvalue weighted by Crippen LogP contribution is 2.35. The molecule has 0 fully saturated rings. The van der Waals surface area contributed by atoms with Crippen molar-refractivity contribution in [1.82, 2.24) is 10.2 Å². The first-order valence-corrected chi connectivity index (χ1v) is 7.93. The number of primary amides is 1. The first-order chi connectivity index (χ1) is 12.2. The molecule has 0 saturated heterocycles. The van der Waals surface area contributed by atoms with Crippen molar-refractivity contribution < 1.29 is 4.79 Å². The number of hydrogen-bond donors (Lipinski definition) is 1. The molecule has 1 heterocycles. The Kier molecular flexibility index (Phi) is 3.71. The van der Waals surface area contributed by atoms with Gasteiger partial charge in [0.05, 0.1) is 12.4 Å². The van der Waals surface area contributed by atoms with Gasteiger partial charge >= 0.3 is 0 Å². The highest BCUT2D eigenvalue weighted by Gasteiger charge is 2.15. The van der Waals surface area contributed by atoms with Gasteiger partial charge in [-0.2, -0.15) is 10.2 Å². The summed E-state index contributed by atoms with van der Waals surface area (Å²) in [5.74, 6) is -0.438. The summed E-state index contributed by atoms with van der Waals surface area (Å²) < 4.78 is 0. The van der Waals surface area contributed by atoms with Crippen molar-refractivity contribution in [1.29, 1.82) is 0 Å². The fraction of sp³-hybridized carbons (Fsp3) is 0. The molecule has 0 aliphatic carbocycles. The van der Waals surface area contributed by atoms with E-state index in [1.165, 1.54) is 0 Å². The van der Waals surface area contributed by atoms with Gasteiger partial charge in [-0.05, 0) is 28.8 Å². The first-order valence-electron chi connectivity index (χ1n) is 7.93. The van der Waals surface area contributed by atoms with Gasteiger partial charge in [0.25, 0.3) is 0 Å². The Morgan fingerprint density at radius 2 is 1.52 bits per heavy atom. The molecule has 2 N–H and O–H groups in total. The minimum atomic E-state index is -0.438. The average Bonchev–Trinajstić information content (AvgIpc) is 2.67. The van der Waals surface area contributed by atoms with E-state index >= 15 is 0 Å². The van der Waals surface area contributed by atoms with Crippen molar-refractivity contribution >= 4 is 16.7 Å². The van der Waals surface area contributed by atoms with Gasteiger partial charge in [0.2, 0.25) is 5.91 Å². The normalized spacial score (nSPS) is 10.7. The molecule has 0 aliphatic heterocycles. The van der Waals surface area contributed by atoms with E-state index in [4.69, 9.17) is 5.73 Å². The van der Waals surface area contributed by atoms with Gasteiger partial charge in [-0.25, -0.2) is 0 Å². The number of amides is 1. The Labute approximate surface area is 145 Å². The van der Waals surface area contributed by atoms with Crippen molar-refractivity contribution in [2.45, 2.75) is 0 Å². The second kappa shape index (κ2) is 6.17. The average molecular weight is 325 g/mol. The maximum Gasteiger partial charge on any atom is 0.249 e.